The van der Waals surface area contributed by atoms with Crippen LogP contribution in [-0.4, -0.2) is 31.5 Å². The lowest BCUT2D eigenvalue weighted by Gasteiger charge is -2.10. The molecule has 0 aliphatic rings. The lowest BCUT2D eigenvalue weighted by molar-refractivity contribution is 0.983. The number of benzene rings is 2. The number of aryl methyl sites for hydroxylation is 1. The summed E-state index contributed by atoms with van der Waals surface area (Å²) in [5, 5.41) is 13.5. The second-order valence-corrected chi connectivity index (χ2v) is 7.75. The van der Waals surface area contributed by atoms with Gasteiger partial charge >= 0.3 is 0 Å². The number of hydrogen-bond acceptors (Lipinski definition) is 6. The maximum Gasteiger partial charge on any atom is 0.232 e. The van der Waals surface area contributed by atoms with Crippen LogP contribution < -0.4 is 5.32 Å². The smallest absolute Gasteiger partial charge is 0.232 e. The second kappa shape index (κ2) is 8.89. The largest absolute Gasteiger partial charge is 0.370 e. The highest BCUT2D eigenvalue weighted by Crippen LogP contribution is 2.24. The van der Waals surface area contributed by atoms with Crippen molar-refractivity contribution in [2.45, 2.75) is 13.3 Å². The van der Waals surface area contributed by atoms with Gasteiger partial charge in [-0.05, 0) is 42.0 Å². The molecule has 2 N–H and O–H groups in total. The Kier molecular flexibility index (Phi) is 5.48. The minimum absolute atomic E-state index is 0.173. The van der Waals surface area contributed by atoms with E-state index in [1.165, 1.54) is 10.9 Å². The number of rotatable bonds is 6. The highest BCUT2D eigenvalue weighted by molar-refractivity contribution is 5.84. The van der Waals surface area contributed by atoms with Crippen molar-refractivity contribution in [3.05, 3.63) is 90.4 Å². The van der Waals surface area contributed by atoms with Crippen LogP contribution >= 0.6 is 0 Å². The molecule has 0 atom stereocenters. The summed E-state index contributed by atoms with van der Waals surface area (Å²) in [4.78, 5) is 20.5. The first-order chi connectivity index (χ1) is 16.2. The Morgan fingerprint density at radius 1 is 0.939 bits per heavy atom. The molecule has 0 amide bonds. The molecular formula is C26H21N7. The van der Waals surface area contributed by atoms with Crippen LogP contribution in [0, 0.1) is 18.3 Å². The number of H-pyrrole nitrogens is 1. The number of nitriles is 1. The molecule has 0 unspecified atom stereocenters. The van der Waals surface area contributed by atoms with E-state index in [0.29, 0.717) is 0 Å². The molecular weight excluding hydrogens is 410 g/mol. The molecule has 33 heavy (non-hydrogen) atoms. The first-order valence-electron chi connectivity index (χ1n) is 10.7. The van der Waals surface area contributed by atoms with Crippen LogP contribution in [0.2, 0.25) is 0 Å². The van der Waals surface area contributed by atoms with E-state index in [0.717, 1.165) is 52.5 Å². The number of aromatic amines is 1. The highest BCUT2D eigenvalue weighted by atomic mass is 15.0. The van der Waals surface area contributed by atoms with E-state index >= 15 is 0 Å². The van der Waals surface area contributed by atoms with E-state index in [1.807, 2.05) is 37.4 Å². The van der Waals surface area contributed by atoms with Gasteiger partial charge in [-0.15, -0.1) is 0 Å². The molecule has 0 aliphatic carbocycles. The number of nitrogens with one attached hydrogen (secondary N) is 2. The van der Waals surface area contributed by atoms with Gasteiger partial charge in [0.25, 0.3) is 0 Å². The zero-order chi connectivity index (χ0) is 22.6. The number of fused-ring (bicyclic) bond motifs is 1. The van der Waals surface area contributed by atoms with Crippen molar-refractivity contribution in [2.75, 3.05) is 11.9 Å². The Morgan fingerprint density at radius 3 is 2.67 bits per heavy atom. The van der Waals surface area contributed by atoms with Crippen molar-refractivity contribution in [2.24, 2.45) is 0 Å². The number of nitrogens with zero attached hydrogens (tertiary/aromatic N) is 5. The van der Waals surface area contributed by atoms with Gasteiger partial charge in [-0.1, -0.05) is 36.4 Å². The third kappa shape index (κ3) is 4.55. The van der Waals surface area contributed by atoms with Crippen LogP contribution in [0.4, 0.5) is 5.82 Å². The average Bonchev–Trinajstić information content (AvgIpc) is 3.32. The summed E-state index contributed by atoms with van der Waals surface area (Å²) in [6, 6.07) is 20.5. The predicted octanol–water partition coefficient (Wildman–Crippen LogP) is 4.92. The third-order valence-corrected chi connectivity index (χ3v) is 5.42. The molecule has 0 spiro atoms. The van der Waals surface area contributed by atoms with Crippen LogP contribution in [0.15, 0.2) is 73.2 Å². The fourth-order valence-electron chi connectivity index (χ4n) is 3.79. The zero-order valence-corrected chi connectivity index (χ0v) is 18.1. The molecule has 0 bridgehead atoms. The molecule has 0 saturated heterocycles. The highest BCUT2D eigenvalue weighted by Gasteiger charge is 2.07. The van der Waals surface area contributed by atoms with Crippen LogP contribution in [0.5, 0.6) is 0 Å². The fourth-order valence-corrected chi connectivity index (χ4v) is 3.79. The quantitative estimate of drug-likeness (QED) is 0.396. The molecule has 0 saturated carbocycles. The molecule has 0 fully saturated rings. The zero-order valence-electron chi connectivity index (χ0n) is 18.1. The third-order valence-electron chi connectivity index (χ3n) is 5.42. The minimum Gasteiger partial charge on any atom is -0.370 e. The Morgan fingerprint density at radius 2 is 1.82 bits per heavy atom. The van der Waals surface area contributed by atoms with Crippen LogP contribution in [0.3, 0.4) is 0 Å². The lowest BCUT2D eigenvalue weighted by Crippen LogP contribution is -2.08. The van der Waals surface area contributed by atoms with Gasteiger partial charge in [0.1, 0.15) is 17.7 Å². The van der Waals surface area contributed by atoms with Gasteiger partial charge < -0.3 is 10.3 Å². The van der Waals surface area contributed by atoms with Gasteiger partial charge in [0.05, 0.1) is 5.69 Å². The van der Waals surface area contributed by atoms with E-state index in [4.69, 9.17) is 5.26 Å². The maximum atomic E-state index is 8.87. The summed E-state index contributed by atoms with van der Waals surface area (Å²) in [5.74, 6) is 1.71. The Bertz CT molecular complexity index is 1460. The molecule has 0 radical (unpaired) electrons. The normalized spacial score (nSPS) is 10.8. The second-order valence-electron chi connectivity index (χ2n) is 7.75. The summed E-state index contributed by atoms with van der Waals surface area (Å²) in [5.41, 5.74) is 6.13. The van der Waals surface area contributed by atoms with Gasteiger partial charge in [-0.2, -0.15) is 5.26 Å². The van der Waals surface area contributed by atoms with Gasteiger partial charge in [-0.25, -0.2) is 19.9 Å². The van der Waals surface area contributed by atoms with E-state index in [1.54, 1.807) is 12.4 Å². The van der Waals surface area contributed by atoms with Crippen molar-refractivity contribution < 1.29 is 0 Å². The first kappa shape index (κ1) is 20.3. The summed E-state index contributed by atoms with van der Waals surface area (Å²) in [7, 11) is 0. The van der Waals surface area contributed by atoms with Crippen molar-refractivity contribution in [1.82, 2.24) is 24.9 Å². The average molecular weight is 432 g/mol. The minimum atomic E-state index is 0.173. The Hall–Kier alpha value is -4.57. The van der Waals surface area contributed by atoms with Gasteiger partial charge in [-0.3, -0.25) is 0 Å². The molecule has 3 heterocycles. The molecule has 0 aliphatic heterocycles. The van der Waals surface area contributed by atoms with Crippen LogP contribution in [0.1, 0.15) is 17.2 Å². The molecule has 160 valence electrons. The van der Waals surface area contributed by atoms with Crippen molar-refractivity contribution in [3.8, 4) is 28.5 Å². The number of hydrogen-bond donors (Lipinski definition) is 2. The first-order valence-corrected chi connectivity index (χ1v) is 10.7. The lowest BCUT2D eigenvalue weighted by atomic mass is 10.0. The molecule has 7 heteroatoms. The number of anilines is 1. The molecule has 2 aromatic carbocycles. The summed E-state index contributed by atoms with van der Waals surface area (Å²) in [6.45, 7) is 2.64. The Balaban J connectivity index is 1.28. The number of aromatic nitrogens is 5. The van der Waals surface area contributed by atoms with Crippen LogP contribution in [-0.2, 0) is 6.42 Å². The van der Waals surface area contributed by atoms with Gasteiger partial charge in [0.15, 0.2) is 0 Å². The van der Waals surface area contributed by atoms with Gasteiger partial charge in [0, 0.05) is 47.8 Å². The van der Waals surface area contributed by atoms with E-state index < -0.39 is 0 Å². The van der Waals surface area contributed by atoms with Crippen molar-refractivity contribution in [1.29, 1.82) is 5.26 Å². The molecule has 5 aromatic rings. The summed E-state index contributed by atoms with van der Waals surface area (Å²) in [6.07, 6.45) is 6.13. The summed E-state index contributed by atoms with van der Waals surface area (Å²) >= 11 is 0. The summed E-state index contributed by atoms with van der Waals surface area (Å²) < 4.78 is 0. The van der Waals surface area contributed by atoms with Crippen molar-refractivity contribution >= 4 is 16.7 Å². The fraction of sp³-hybridized carbons (Fsp3) is 0.115. The molecule has 3 aromatic heterocycles. The topological polar surface area (TPSA) is 103 Å². The van der Waals surface area contributed by atoms with Crippen LogP contribution in [0.25, 0.3) is 33.3 Å². The molecule has 7 nitrogen and oxygen atoms in total. The predicted molar refractivity (Wildman–Crippen MR) is 128 cm³/mol. The molecule has 5 rings (SSSR count). The SMILES string of the molecule is Cc1nc(NCCc2cccc(-c3cnc(C#N)nc3)c2)cc(-c2ccc3cc[nH]c3c2)n1. The maximum absolute atomic E-state index is 8.87. The van der Waals surface area contributed by atoms with E-state index in [9.17, 15) is 0 Å². The standard InChI is InChI=1S/C26H21N7/c1-17-32-24(21-6-5-19-8-10-28-23(19)12-21)13-25(33-17)29-9-7-18-3-2-4-20(11-18)22-15-30-26(14-27)31-16-22/h2-6,8,10-13,15-16,28H,7,9H2,1H3,(H,29,32,33). The Labute approximate surface area is 191 Å². The van der Waals surface area contributed by atoms with E-state index in [2.05, 4.69) is 66.6 Å². The van der Waals surface area contributed by atoms with Crippen molar-refractivity contribution in [3.63, 3.8) is 0 Å². The van der Waals surface area contributed by atoms with Gasteiger partial charge in [0.2, 0.25) is 5.82 Å². The van der Waals surface area contributed by atoms with E-state index in [-0.39, 0.29) is 5.82 Å². The monoisotopic (exact) mass is 431 g/mol.